The average molecular weight is 488 g/mol. The van der Waals surface area contributed by atoms with Gasteiger partial charge in [-0.3, -0.25) is 14.6 Å². The predicted molar refractivity (Wildman–Crippen MR) is 118 cm³/mol. The molecule has 0 bridgehead atoms. The van der Waals surface area contributed by atoms with Gasteiger partial charge in [0.1, 0.15) is 0 Å². The molecule has 1 amide bonds. The van der Waals surface area contributed by atoms with Crippen LogP contribution in [-0.4, -0.2) is 51.1 Å². The third kappa shape index (κ3) is 7.74. The number of esters is 1. The third-order valence-corrected chi connectivity index (χ3v) is 4.34. The van der Waals surface area contributed by atoms with E-state index in [0.29, 0.717) is 25.3 Å². The minimum atomic E-state index is -0.163. The van der Waals surface area contributed by atoms with Crippen molar-refractivity contribution in [3.8, 4) is 0 Å². The topological polar surface area (TPSA) is 83.0 Å². The van der Waals surface area contributed by atoms with Crippen molar-refractivity contribution in [3.63, 3.8) is 0 Å². The summed E-state index contributed by atoms with van der Waals surface area (Å²) in [6.45, 7) is 1.40. The monoisotopic (exact) mass is 488 g/mol. The number of benzene rings is 1. The zero-order valence-corrected chi connectivity index (χ0v) is 18.3. The Morgan fingerprint density at radius 2 is 2.00 bits per heavy atom. The summed E-state index contributed by atoms with van der Waals surface area (Å²) in [6, 6.07) is 9.74. The zero-order valence-electron chi connectivity index (χ0n) is 15.9. The first kappa shape index (κ1) is 23.2. The van der Waals surface area contributed by atoms with Crippen molar-refractivity contribution in [3.05, 3.63) is 30.3 Å². The summed E-state index contributed by atoms with van der Waals surface area (Å²) in [4.78, 5) is 29.3. The summed E-state index contributed by atoms with van der Waals surface area (Å²) in [5.41, 5.74) is 0.926. The second kappa shape index (κ2) is 12.5. The Labute approximate surface area is 178 Å². The number of nitrogens with one attached hydrogen (secondary N) is 2. The highest BCUT2D eigenvalue weighted by molar-refractivity contribution is 14.0. The Hall–Kier alpha value is -1.84. The molecule has 1 aliphatic heterocycles. The molecule has 1 fully saturated rings. The van der Waals surface area contributed by atoms with Gasteiger partial charge in [0.25, 0.3) is 0 Å². The molecule has 1 saturated heterocycles. The van der Waals surface area contributed by atoms with Crippen LogP contribution in [0.25, 0.3) is 0 Å². The van der Waals surface area contributed by atoms with Gasteiger partial charge in [0.15, 0.2) is 5.96 Å². The number of anilines is 1. The molecule has 1 aliphatic rings. The van der Waals surface area contributed by atoms with Crippen molar-refractivity contribution in [2.24, 2.45) is 4.99 Å². The molecule has 1 aromatic rings. The molecule has 0 aromatic heterocycles. The van der Waals surface area contributed by atoms with Gasteiger partial charge in [0.2, 0.25) is 5.91 Å². The van der Waals surface area contributed by atoms with Crippen LogP contribution in [0, 0.1) is 0 Å². The van der Waals surface area contributed by atoms with E-state index in [-0.39, 0.29) is 41.9 Å². The smallest absolute Gasteiger partial charge is 0.305 e. The van der Waals surface area contributed by atoms with Gasteiger partial charge in [0, 0.05) is 38.7 Å². The van der Waals surface area contributed by atoms with Crippen LogP contribution in [0.1, 0.15) is 32.1 Å². The zero-order chi connectivity index (χ0) is 18.8. The van der Waals surface area contributed by atoms with Crippen LogP contribution in [0.15, 0.2) is 35.3 Å². The second-order valence-electron chi connectivity index (χ2n) is 6.27. The van der Waals surface area contributed by atoms with Crippen molar-refractivity contribution in [2.75, 3.05) is 32.1 Å². The first-order valence-electron chi connectivity index (χ1n) is 9.03. The molecule has 2 N–H and O–H groups in total. The number of aliphatic imine (C=N–C) groups is 1. The van der Waals surface area contributed by atoms with Crippen LogP contribution < -0.4 is 15.5 Å². The molecule has 1 atom stereocenters. The molecule has 1 unspecified atom stereocenters. The summed E-state index contributed by atoms with van der Waals surface area (Å²) in [5, 5.41) is 6.58. The van der Waals surface area contributed by atoms with E-state index in [2.05, 4.69) is 20.4 Å². The average Bonchev–Trinajstić information content (AvgIpc) is 3.04. The number of unbranched alkanes of at least 4 members (excludes halogenated alkanes) is 2. The lowest BCUT2D eigenvalue weighted by Gasteiger charge is -2.19. The van der Waals surface area contributed by atoms with Gasteiger partial charge in [-0.05, 0) is 25.0 Å². The highest BCUT2D eigenvalue weighted by Crippen LogP contribution is 2.20. The number of nitrogens with zero attached hydrogens (tertiary/aromatic N) is 2. The minimum Gasteiger partial charge on any atom is -0.469 e. The van der Waals surface area contributed by atoms with Crippen molar-refractivity contribution < 1.29 is 14.3 Å². The third-order valence-electron chi connectivity index (χ3n) is 4.34. The van der Waals surface area contributed by atoms with E-state index in [9.17, 15) is 9.59 Å². The van der Waals surface area contributed by atoms with E-state index >= 15 is 0 Å². The Morgan fingerprint density at radius 3 is 2.67 bits per heavy atom. The molecule has 0 spiro atoms. The van der Waals surface area contributed by atoms with Crippen molar-refractivity contribution in [1.82, 2.24) is 10.6 Å². The second-order valence-corrected chi connectivity index (χ2v) is 6.27. The molecule has 1 aromatic carbocycles. The van der Waals surface area contributed by atoms with Crippen molar-refractivity contribution >= 4 is 47.5 Å². The first-order valence-corrected chi connectivity index (χ1v) is 9.03. The first-order chi connectivity index (χ1) is 12.6. The molecule has 0 saturated carbocycles. The number of hydrogen-bond donors (Lipinski definition) is 2. The summed E-state index contributed by atoms with van der Waals surface area (Å²) >= 11 is 0. The summed E-state index contributed by atoms with van der Waals surface area (Å²) < 4.78 is 4.62. The lowest BCUT2D eigenvalue weighted by Crippen LogP contribution is -2.44. The number of carbonyl (C=O) groups excluding carboxylic acids is 2. The fraction of sp³-hybridized carbons (Fsp3) is 0.526. The fourth-order valence-electron chi connectivity index (χ4n) is 2.93. The number of amides is 1. The number of carbonyl (C=O) groups is 2. The quantitative estimate of drug-likeness (QED) is 0.193. The molecular formula is C19H29IN4O3. The van der Waals surface area contributed by atoms with Gasteiger partial charge in [-0.1, -0.05) is 24.6 Å². The van der Waals surface area contributed by atoms with Crippen LogP contribution in [0.2, 0.25) is 0 Å². The minimum absolute atomic E-state index is 0. The standard InChI is InChI=1S/C19H28N4O3.HI/c1-20-19(21-12-8-4-7-11-18(25)26-2)22-15-13-17(24)23(14-15)16-9-5-3-6-10-16;/h3,5-6,9-10,15H,4,7-8,11-14H2,1-2H3,(H2,20,21,22);1H. The maximum Gasteiger partial charge on any atom is 0.305 e. The predicted octanol–water partition coefficient (Wildman–Crippen LogP) is 2.31. The molecule has 150 valence electrons. The number of guanidine groups is 1. The Balaban J connectivity index is 0.00000364. The van der Waals surface area contributed by atoms with Gasteiger partial charge in [-0.15, -0.1) is 24.0 Å². The molecule has 8 heteroatoms. The highest BCUT2D eigenvalue weighted by atomic mass is 127. The van der Waals surface area contributed by atoms with E-state index in [1.54, 1.807) is 11.9 Å². The van der Waals surface area contributed by atoms with E-state index in [4.69, 9.17) is 0 Å². The van der Waals surface area contributed by atoms with E-state index in [1.165, 1.54) is 7.11 Å². The number of halogens is 1. The molecule has 7 nitrogen and oxygen atoms in total. The number of hydrogen-bond acceptors (Lipinski definition) is 4. The maximum absolute atomic E-state index is 12.3. The van der Waals surface area contributed by atoms with Crippen LogP contribution >= 0.6 is 24.0 Å². The van der Waals surface area contributed by atoms with Crippen molar-refractivity contribution in [2.45, 2.75) is 38.1 Å². The molecule has 0 aliphatic carbocycles. The lowest BCUT2D eigenvalue weighted by molar-refractivity contribution is -0.140. The molecule has 27 heavy (non-hydrogen) atoms. The molecule has 2 rings (SSSR count). The van der Waals surface area contributed by atoms with E-state index in [1.807, 2.05) is 30.3 Å². The molecule has 0 radical (unpaired) electrons. The van der Waals surface area contributed by atoms with Gasteiger partial charge in [-0.25, -0.2) is 0 Å². The van der Waals surface area contributed by atoms with E-state index < -0.39 is 0 Å². The van der Waals surface area contributed by atoms with Crippen LogP contribution in [-0.2, 0) is 14.3 Å². The SMILES string of the molecule is CN=C(NCCCCCC(=O)OC)NC1CC(=O)N(c2ccccc2)C1.I. The summed E-state index contributed by atoms with van der Waals surface area (Å²) in [5.74, 6) is 0.655. The highest BCUT2D eigenvalue weighted by Gasteiger charge is 2.30. The van der Waals surface area contributed by atoms with Crippen molar-refractivity contribution in [1.29, 1.82) is 0 Å². The van der Waals surface area contributed by atoms with Gasteiger partial charge in [0.05, 0.1) is 13.2 Å². The maximum atomic E-state index is 12.3. The van der Waals surface area contributed by atoms with Gasteiger partial charge >= 0.3 is 5.97 Å². The van der Waals surface area contributed by atoms with E-state index in [0.717, 1.165) is 31.5 Å². The van der Waals surface area contributed by atoms with Gasteiger partial charge < -0.3 is 20.3 Å². The van der Waals surface area contributed by atoms with Gasteiger partial charge in [-0.2, -0.15) is 0 Å². The largest absolute Gasteiger partial charge is 0.469 e. The Morgan fingerprint density at radius 1 is 1.26 bits per heavy atom. The van der Waals surface area contributed by atoms with Crippen LogP contribution in [0.5, 0.6) is 0 Å². The lowest BCUT2D eigenvalue weighted by atomic mass is 10.2. The fourth-order valence-corrected chi connectivity index (χ4v) is 2.93. The Kier molecular flexibility index (Phi) is 10.8. The number of methoxy groups -OCH3 is 1. The Bertz CT molecular complexity index is 625. The van der Waals surface area contributed by atoms with Crippen LogP contribution in [0.3, 0.4) is 0 Å². The normalized spacial score (nSPS) is 16.7. The number of ether oxygens (including phenoxy) is 1. The van der Waals surface area contributed by atoms with Crippen LogP contribution in [0.4, 0.5) is 5.69 Å². The summed E-state index contributed by atoms with van der Waals surface area (Å²) in [6.07, 6.45) is 3.63. The molecule has 1 heterocycles. The summed E-state index contributed by atoms with van der Waals surface area (Å²) in [7, 11) is 3.13. The number of rotatable bonds is 8. The molecular weight excluding hydrogens is 459 g/mol. The number of para-hydroxylation sites is 1.